The van der Waals surface area contributed by atoms with Crippen molar-refractivity contribution in [3.63, 3.8) is 0 Å². The summed E-state index contributed by atoms with van der Waals surface area (Å²) in [5.41, 5.74) is 1.89. The number of methoxy groups -OCH3 is 2. The first-order valence-corrected chi connectivity index (χ1v) is 9.57. The number of rotatable bonds is 8. The number of carbonyl (C=O) groups is 3. The zero-order valence-corrected chi connectivity index (χ0v) is 17.0. The van der Waals surface area contributed by atoms with E-state index < -0.39 is 18.5 Å². The molecule has 2 aromatic carbocycles. The first-order chi connectivity index (χ1) is 14.5. The summed E-state index contributed by atoms with van der Waals surface area (Å²) in [7, 11) is 3.09. The molecule has 0 atom stereocenters. The average Bonchev–Trinajstić information content (AvgIpc) is 3.21. The Morgan fingerprint density at radius 2 is 1.77 bits per heavy atom. The first kappa shape index (κ1) is 21.2. The molecule has 2 aromatic rings. The summed E-state index contributed by atoms with van der Waals surface area (Å²) in [6.07, 6.45) is 1.38. The van der Waals surface area contributed by atoms with Crippen LogP contribution in [0.3, 0.4) is 0 Å². The van der Waals surface area contributed by atoms with Crippen molar-refractivity contribution in [2.75, 3.05) is 32.3 Å². The van der Waals surface area contributed by atoms with Gasteiger partial charge in [-0.2, -0.15) is 0 Å². The van der Waals surface area contributed by atoms with Gasteiger partial charge in [-0.25, -0.2) is 4.79 Å². The highest BCUT2D eigenvalue weighted by atomic mass is 16.5. The minimum atomic E-state index is -0.601. The maximum Gasteiger partial charge on any atom is 0.338 e. The average molecular weight is 412 g/mol. The molecular weight excluding hydrogens is 388 g/mol. The summed E-state index contributed by atoms with van der Waals surface area (Å²) < 4.78 is 15.5. The van der Waals surface area contributed by atoms with E-state index in [0.29, 0.717) is 30.0 Å². The highest BCUT2D eigenvalue weighted by Gasteiger charge is 2.21. The molecule has 1 fully saturated rings. The van der Waals surface area contributed by atoms with E-state index in [2.05, 4.69) is 5.32 Å². The fraction of sp³-hybridized carbons (Fsp3) is 0.318. The largest absolute Gasteiger partial charge is 0.493 e. The lowest BCUT2D eigenvalue weighted by Gasteiger charge is -2.15. The van der Waals surface area contributed by atoms with Crippen LogP contribution in [0.25, 0.3) is 0 Å². The van der Waals surface area contributed by atoms with Gasteiger partial charge in [0.1, 0.15) is 0 Å². The van der Waals surface area contributed by atoms with E-state index in [9.17, 15) is 14.4 Å². The van der Waals surface area contributed by atoms with Crippen molar-refractivity contribution in [2.45, 2.75) is 19.4 Å². The summed E-state index contributed by atoms with van der Waals surface area (Å²) in [6.45, 7) is 0.552. The molecule has 2 amide bonds. The predicted octanol–water partition coefficient (Wildman–Crippen LogP) is 2.30. The molecule has 1 aliphatic heterocycles. The lowest BCUT2D eigenvalue weighted by molar-refractivity contribution is -0.124. The van der Waals surface area contributed by atoms with Crippen molar-refractivity contribution in [3.05, 3.63) is 53.6 Å². The Hall–Kier alpha value is -3.55. The van der Waals surface area contributed by atoms with Crippen LogP contribution < -0.4 is 19.7 Å². The smallest absolute Gasteiger partial charge is 0.338 e. The molecule has 30 heavy (non-hydrogen) atoms. The zero-order valence-electron chi connectivity index (χ0n) is 17.0. The number of carbonyl (C=O) groups excluding carboxylic acids is 3. The van der Waals surface area contributed by atoms with E-state index in [1.807, 2.05) is 0 Å². The topological polar surface area (TPSA) is 94.2 Å². The lowest BCUT2D eigenvalue weighted by Crippen LogP contribution is -2.28. The molecule has 0 saturated carbocycles. The van der Waals surface area contributed by atoms with Gasteiger partial charge in [-0.05, 0) is 48.4 Å². The maximum atomic E-state index is 12.2. The molecule has 158 valence electrons. The van der Waals surface area contributed by atoms with Crippen LogP contribution in [0.1, 0.15) is 28.8 Å². The number of ether oxygens (including phenoxy) is 3. The molecule has 3 rings (SSSR count). The second-order valence-electron chi connectivity index (χ2n) is 6.74. The number of hydrogen-bond donors (Lipinski definition) is 1. The second-order valence-corrected chi connectivity index (χ2v) is 6.74. The van der Waals surface area contributed by atoms with E-state index in [-0.39, 0.29) is 12.5 Å². The van der Waals surface area contributed by atoms with Crippen molar-refractivity contribution >= 4 is 23.5 Å². The van der Waals surface area contributed by atoms with E-state index in [0.717, 1.165) is 17.7 Å². The highest BCUT2D eigenvalue weighted by molar-refractivity contribution is 5.96. The third-order valence-electron chi connectivity index (χ3n) is 4.76. The Labute approximate surface area is 174 Å². The van der Waals surface area contributed by atoms with Gasteiger partial charge in [0.05, 0.1) is 19.8 Å². The SMILES string of the molecule is COc1ccc(CNC(=O)COC(=O)c2ccc(N3CCCC3=O)cc2)cc1OC. The summed E-state index contributed by atoms with van der Waals surface area (Å²) in [4.78, 5) is 37.6. The molecule has 0 radical (unpaired) electrons. The summed E-state index contributed by atoms with van der Waals surface area (Å²) >= 11 is 0. The van der Waals surface area contributed by atoms with Crippen molar-refractivity contribution in [1.29, 1.82) is 0 Å². The maximum absolute atomic E-state index is 12.2. The van der Waals surface area contributed by atoms with Gasteiger partial charge in [0, 0.05) is 25.2 Å². The minimum absolute atomic E-state index is 0.0801. The standard InChI is InChI=1S/C22H24N2O6/c1-28-18-10-5-15(12-19(18)29-2)13-23-20(25)14-30-22(27)16-6-8-17(9-7-16)24-11-3-4-21(24)26/h5-10,12H,3-4,11,13-14H2,1-2H3,(H,23,25). The molecule has 0 spiro atoms. The molecule has 0 aromatic heterocycles. The van der Waals surface area contributed by atoms with Gasteiger partial charge in [-0.3, -0.25) is 9.59 Å². The molecule has 0 aliphatic carbocycles. The number of benzene rings is 2. The van der Waals surface area contributed by atoms with Crippen LogP contribution in [-0.2, 0) is 20.9 Å². The fourth-order valence-corrected chi connectivity index (χ4v) is 3.16. The van der Waals surface area contributed by atoms with Crippen LogP contribution in [0.4, 0.5) is 5.69 Å². The Morgan fingerprint density at radius 3 is 2.40 bits per heavy atom. The molecule has 1 N–H and O–H groups in total. The summed E-state index contributed by atoms with van der Waals surface area (Å²) in [5.74, 6) is 0.223. The molecule has 1 aliphatic rings. The second kappa shape index (κ2) is 9.78. The summed E-state index contributed by atoms with van der Waals surface area (Å²) in [5, 5.41) is 2.69. The normalized spacial score (nSPS) is 13.1. The minimum Gasteiger partial charge on any atom is -0.493 e. The molecule has 0 unspecified atom stereocenters. The van der Waals surface area contributed by atoms with Crippen LogP contribution in [0.2, 0.25) is 0 Å². The molecule has 0 bridgehead atoms. The monoisotopic (exact) mass is 412 g/mol. The highest BCUT2D eigenvalue weighted by Crippen LogP contribution is 2.27. The van der Waals surface area contributed by atoms with E-state index >= 15 is 0 Å². The molecular formula is C22H24N2O6. The van der Waals surface area contributed by atoms with Gasteiger partial charge in [0.2, 0.25) is 5.91 Å². The zero-order chi connectivity index (χ0) is 21.5. The van der Waals surface area contributed by atoms with Crippen LogP contribution in [0.5, 0.6) is 11.5 Å². The lowest BCUT2D eigenvalue weighted by atomic mass is 10.2. The quantitative estimate of drug-likeness (QED) is 0.669. The van der Waals surface area contributed by atoms with Gasteiger partial charge >= 0.3 is 5.97 Å². The van der Waals surface area contributed by atoms with Gasteiger partial charge in [-0.1, -0.05) is 6.07 Å². The number of amides is 2. The van der Waals surface area contributed by atoms with Gasteiger partial charge in [0.15, 0.2) is 18.1 Å². The number of nitrogens with zero attached hydrogens (tertiary/aromatic N) is 1. The third-order valence-corrected chi connectivity index (χ3v) is 4.76. The predicted molar refractivity (Wildman–Crippen MR) is 110 cm³/mol. The van der Waals surface area contributed by atoms with E-state index in [4.69, 9.17) is 14.2 Å². The number of esters is 1. The van der Waals surface area contributed by atoms with Gasteiger partial charge in [-0.15, -0.1) is 0 Å². The summed E-state index contributed by atoms with van der Waals surface area (Å²) in [6, 6.07) is 11.9. The Balaban J connectivity index is 1.47. The first-order valence-electron chi connectivity index (χ1n) is 9.57. The number of nitrogens with one attached hydrogen (secondary N) is 1. The Bertz CT molecular complexity index is 926. The Morgan fingerprint density at radius 1 is 1.03 bits per heavy atom. The fourth-order valence-electron chi connectivity index (χ4n) is 3.16. The van der Waals surface area contributed by atoms with E-state index in [1.165, 1.54) is 7.11 Å². The van der Waals surface area contributed by atoms with E-state index in [1.54, 1.807) is 54.5 Å². The molecule has 8 nitrogen and oxygen atoms in total. The number of anilines is 1. The molecule has 8 heteroatoms. The number of hydrogen-bond acceptors (Lipinski definition) is 6. The third kappa shape index (κ3) is 5.08. The van der Waals surface area contributed by atoms with Crippen molar-refractivity contribution < 1.29 is 28.6 Å². The van der Waals surface area contributed by atoms with Crippen LogP contribution in [-0.4, -0.2) is 45.2 Å². The van der Waals surface area contributed by atoms with Gasteiger partial charge in [0.25, 0.3) is 5.91 Å². The van der Waals surface area contributed by atoms with Crippen LogP contribution in [0.15, 0.2) is 42.5 Å². The van der Waals surface area contributed by atoms with Crippen LogP contribution >= 0.6 is 0 Å². The van der Waals surface area contributed by atoms with Crippen molar-refractivity contribution in [2.24, 2.45) is 0 Å². The molecule has 1 saturated heterocycles. The van der Waals surface area contributed by atoms with Crippen molar-refractivity contribution in [1.82, 2.24) is 5.32 Å². The van der Waals surface area contributed by atoms with Gasteiger partial charge < -0.3 is 24.4 Å². The Kier molecular flexibility index (Phi) is 6.90. The molecule has 1 heterocycles. The van der Waals surface area contributed by atoms with Crippen LogP contribution in [0, 0.1) is 0 Å². The van der Waals surface area contributed by atoms with Crippen molar-refractivity contribution in [3.8, 4) is 11.5 Å².